The number of aromatic nitrogens is 2. The lowest BCUT2D eigenvalue weighted by atomic mass is 10.1. The van der Waals surface area contributed by atoms with Crippen LogP contribution >= 0.6 is 0 Å². The van der Waals surface area contributed by atoms with Crippen molar-refractivity contribution in [3.05, 3.63) is 88.7 Å². The lowest BCUT2D eigenvalue weighted by Crippen LogP contribution is -2.20. The van der Waals surface area contributed by atoms with E-state index in [1.54, 1.807) is 28.8 Å². The molecule has 2 heterocycles. The predicted molar refractivity (Wildman–Crippen MR) is 126 cm³/mol. The van der Waals surface area contributed by atoms with E-state index >= 15 is 0 Å². The van der Waals surface area contributed by atoms with Gasteiger partial charge in [-0.05, 0) is 60.9 Å². The number of fused-ring (bicyclic) bond motifs is 1. The average molecular weight is 444 g/mol. The summed E-state index contributed by atoms with van der Waals surface area (Å²) in [4.78, 5) is 27.2. The Morgan fingerprint density at radius 2 is 1.82 bits per heavy atom. The lowest BCUT2D eigenvalue weighted by molar-refractivity contribution is -0.385. The minimum Gasteiger partial charge on any atom is -0.484 e. The molecule has 0 aliphatic rings. The molecule has 0 aliphatic carbocycles. The summed E-state index contributed by atoms with van der Waals surface area (Å²) in [7, 11) is 0. The van der Waals surface area contributed by atoms with E-state index in [2.05, 4.69) is 17.2 Å². The number of nitrogens with zero attached hydrogens (tertiary/aromatic N) is 3. The molecule has 0 fully saturated rings. The van der Waals surface area contributed by atoms with Crippen molar-refractivity contribution in [2.24, 2.45) is 0 Å². The van der Waals surface area contributed by atoms with Gasteiger partial charge in [0.05, 0.1) is 16.8 Å². The Hall–Kier alpha value is -4.20. The summed E-state index contributed by atoms with van der Waals surface area (Å²) in [6, 6.07) is 18.1. The third kappa shape index (κ3) is 5.54. The SMILES string of the molecule is CCCCc1ccc(NC(=O)COc2ccc(-c3cn4cc([N+](=O)[O-])ccc4n3)cc2)cc1. The van der Waals surface area contributed by atoms with Gasteiger partial charge in [-0.1, -0.05) is 25.5 Å². The van der Waals surface area contributed by atoms with Crippen LogP contribution in [0.4, 0.5) is 11.4 Å². The molecule has 33 heavy (non-hydrogen) atoms. The zero-order chi connectivity index (χ0) is 23.2. The maximum atomic E-state index is 12.2. The summed E-state index contributed by atoms with van der Waals surface area (Å²) in [5, 5.41) is 13.8. The van der Waals surface area contributed by atoms with Crippen LogP contribution in [0.15, 0.2) is 73.1 Å². The first-order chi connectivity index (χ1) is 16.0. The van der Waals surface area contributed by atoms with Gasteiger partial charge in [0.2, 0.25) is 0 Å². The highest BCUT2D eigenvalue weighted by Gasteiger charge is 2.10. The molecule has 2 aromatic heterocycles. The number of carbonyl (C=O) groups excluding carboxylic acids is 1. The van der Waals surface area contributed by atoms with Gasteiger partial charge in [-0.3, -0.25) is 19.3 Å². The van der Waals surface area contributed by atoms with E-state index in [-0.39, 0.29) is 18.2 Å². The van der Waals surface area contributed by atoms with E-state index < -0.39 is 4.92 Å². The topological polar surface area (TPSA) is 98.8 Å². The second-order valence-electron chi connectivity index (χ2n) is 7.70. The number of imidazole rings is 1. The number of pyridine rings is 1. The molecular formula is C25H24N4O4. The Balaban J connectivity index is 1.33. The number of carbonyl (C=O) groups is 1. The Morgan fingerprint density at radius 1 is 1.06 bits per heavy atom. The van der Waals surface area contributed by atoms with E-state index in [1.807, 2.05) is 36.4 Å². The highest BCUT2D eigenvalue weighted by atomic mass is 16.6. The summed E-state index contributed by atoms with van der Waals surface area (Å²) in [5.41, 5.74) is 4.14. The van der Waals surface area contributed by atoms with Crippen LogP contribution in [0.3, 0.4) is 0 Å². The van der Waals surface area contributed by atoms with E-state index in [9.17, 15) is 14.9 Å². The fourth-order valence-corrected chi connectivity index (χ4v) is 3.43. The first-order valence-corrected chi connectivity index (χ1v) is 10.8. The van der Waals surface area contributed by atoms with Gasteiger partial charge in [0.15, 0.2) is 6.61 Å². The highest BCUT2D eigenvalue weighted by Crippen LogP contribution is 2.23. The number of unbranched alkanes of at least 4 members (excludes halogenated alkanes) is 1. The molecule has 8 heteroatoms. The van der Waals surface area contributed by atoms with Crippen LogP contribution in [0.1, 0.15) is 25.3 Å². The molecular weight excluding hydrogens is 420 g/mol. The maximum absolute atomic E-state index is 12.2. The van der Waals surface area contributed by atoms with Crippen molar-refractivity contribution < 1.29 is 14.5 Å². The smallest absolute Gasteiger partial charge is 0.286 e. The molecule has 4 rings (SSSR count). The number of benzene rings is 2. The Kier molecular flexibility index (Phi) is 6.64. The monoisotopic (exact) mass is 444 g/mol. The van der Waals surface area contributed by atoms with Crippen LogP contribution in [0, 0.1) is 10.1 Å². The molecule has 1 N–H and O–H groups in total. The van der Waals surface area contributed by atoms with Crippen molar-refractivity contribution in [3.8, 4) is 17.0 Å². The number of ether oxygens (including phenoxy) is 1. The average Bonchev–Trinajstić information content (AvgIpc) is 3.26. The summed E-state index contributed by atoms with van der Waals surface area (Å²) in [6.07, 6.45) is 6.51. The second kappa shape index (κ2) is 9.95. The van der Waals surface area contributed by atoms with Gasteiger partial charge in [0, 0.05) is 23.5 Å². The number of amides is 1. The van der Waals surface area contributed by atoms with Gasteiger partial charge < -0.3 is 10.1 Å². The number of hydrogen-bond donors (Lipinski definition) is 1. The normalized spacial score (nSPS) is 10.8. The van der Waals surface area contributed by atoms with E-state index in [1.165, 1.54) is 17.8 Å². The van der Waals surface area contributed by atoms with Crippen molar-refractivity contribution in [3.63, 3.8) is 0 Å². The zero-order valence-corrected chi connectivity index (χ0v) is 18.2. The summed E-state index contributed by atoms with van der Waals surface area (Å²) in [6.45, 7) is 2.06. The van der Waals surface area contributed by atoms with Gasteiger partial charge in [-0.25, -0.2) is 4.98 Å². The molecule has 0 saturated carbocycles. The number of rotatable bonds is 9. The second-order valence-corrected chi connectivity index (χ2v) is 7.70. The van der Waals surface area contributed by atoms with Gasteiger partial charge in [0.25, 0.3) is 11.6 Å². The lowest BCUT2D eigenvalue weighted by Gasteiger charge is -2.09. The van der Waals surface area contributed by atoms with Crippen molar-refractivity contribution in [1.82, 2.24) is 9.38 Å². The minimum atomic E-state index is -0.440. The Bertz CT molecular complexity index is 1260. The molecule has 0 spiro atoms. The fourth-order valence-electron chi connectivity index (χ4n) is 3.43. The van der Waals surface area contributed by atoms with Gasteiger partial charge in [0.1, 0.15) is 11.4 Å². The first-order valence-electron chi connectivity index (χ1n) is 10.8. The molecule has 2 aromatic carbocycles. The van der Waals surface area contributed by atoms with Crippen molar-refractivity contribution in [1.29, 1.82) is 0 Å². The van der Waals surface area contributed by atoms with Crippen LogP contribution in [-0.2, 0) is 11.2 Å². The molecule has 4 aromatic rings. The third-order valence-corrected chi connectivity index (χ3v) is 5.22. The van der Waals surface area contributed by atoms with Crippen LogP contribution in [0.2, 0.25) is 0 Å². The standard InChI is InChI=1S/C25H24N4O4/c1-2-3-4-18-5-9-20(10-6-18)26-25(30)17-33-22-12-7-19(8-13-22)23-16-28-15-21(29(31)32)11-14-24(28)27-23/h5-16H,2-4,17H2,1H3,(H,26,30). The highest BCUT2D eigenvalue weighted by molar-refractivity contribution is 5.91. The van der Waals surface area contributed by atoms with Crippen LogP contribution in [0.5, 0.6) is 5.75 Å². The fraction of sp³-hybridized carbons (Fsp3) is 0.200. The molecule has 0 atom stereocenters. The first kappa shape index (κ1) is 22.0. The van der Waals surface area contributed by atoms with Crippen molar-refractivity contribution in [2.75, 3.05) is 11.9 Å². The molecule has 0 unspecified atom stereocenters. The molecule has 0 bridgehead atoms. The number of aryl methyl sites for hydroxylation is 1. The largest absolute Gasteiger partial charge is 0.484 e. The van der Waals surface area contributed by atoms with Crippen molar-refractivity contribution >= 4 is 22.9 Å². The molecule has 0 radical (unpaired) electrons. The molecule has 0 saturated heterocycles. The zero-order valence-electron chi connectivity index (χ0n) is 18.2. The number of nitro groups is 1. The summed E-state index contributed by atoms with van der Waals surface area (Å²) in [5.74, 6) is 0.325. The summed E-state index contributed by atoms with van der Waals surface area (Å²) < 4.78 is 7.22. The Labute approximate surface area is 191 Å². The van der Waals surface area contributed by atoms with E-state index in [4.69, 9.17) is 4.74 Å². The maximum Gasteiger partial charge on any atom is 0.286 e. The van der Waals surface area contributed by atoms with E-state index in [0.29, 0.717) is 17.1 Å². The number of nitrogens with one attached hydrogen (secondary N) is 1. The summed E-state index contributed by atoms with van der Waals surface area (Å²) >= 11 is 0. The van der Waals surface area contributed by atoms with Gasteiger partial charge in [-0.2, -0.15) is 0 Å². The van der Waals surface area contributed by atoms with E-state index in [0.717, 1.165) is 30.5 Å². The predicted octanol–water partition coefficient (Wildman–Crippen LogP) is 5.27. The number of hydrogen-bond acceptors (Lipinski definition) is 5. The van der Waals surface area contributed by atoms with Crippen LogP contribution in [-0.4, -0.2) is 26.8 Å². The molecule has 0 aliphatic heterocycles. The van der Waals surface area contributed by atoms with Crippen LogP contribution < -0.4 is 10.1 Å². The minimum absolute atomic E-state index is 0.000843. The molecule has 8 nitrogen and oxygen atoms in total. The third-order valence-electron chi connectivity index (χ3n) is 5.22. The quantitative estimate of drug-likeness (QED) is 0.280. The number of anilines is 1. The van der Waals surface area contributed by atoms with Gasteiger partial charge >= 0.3 is 0 Å². The Morgan fingerprint density at radius 3 is 2.52 bits per heavy atom. The molecule has 1 amide bonds. The van der Waals surface area contributed by atoms with Gasteiger partial charge in [-0.15, -0.1) is 0 Å². The van der Waals surface area contributed by atoms with Crippen molar-refractivity contribution in [2.45, 2.75) is 26.2 Å². The molecule has 168 valence electrons. The van der Waals surface area contributed by atoms with Crippen LogP contribution in [0.25, 0.3) is 16.9 Å².